The predicted molar refractivity (Wildman–Crippen MR) is 77.6 cm³/mol. The Bertz CT molecular complexity index is 511. The number of benzene rings is 1. The lowest BCUT2D eigenvalue weighted by Crippen LogP contribution is -2.49. The highest BCUT2D eigenvalue weighted by molar-refractivity contribution is 5.82. The van der Waals surface area contributed by atoms with E-state index in [1.54, 1.807) is 6.92 Å². The number of carbonyl (C=O) groups is 2. The number of hydrogen-bond donors (Lipinski definition) is 2. The van der Waals surface area contributed by atoms with Crippen LogP contribution < -0.4 is 5.32 Å². The molecule has 1 aromatic carbocycles. The van der Waals surface area contributed by atoms with Gasteiger partial charge in [-0.15, -0.1) is 0 Å². The number of carbonyl (C=O) groups excluding carboxylic acids is 1. The maximum absolute atomic E-state index is 12.0. The van der Waals surface area contributed by atoms with Crippen molar-refractivity contribution in [3.05, 3.63) is 35.9 Å². The molecular weight excluding hydrogens is 270 g/mol. The maximum atomic E-state index is 12.0. The number of carboxylic acids is 1. The third-order valence-corrected chi connectivity index (χ3v) is 3.04. The van der Waals surface area contributed by atoms with Crippen molar-refractivity contribution in [1.82, 2.24) is 10.2 Å². The maximum Gasteiger partial charge on any atom is 0.326 e. The largest absolute Gasteiger partial charge is 0.480 e. The average Bonchev–Trinajstić information content (AvgIpc) is 2.48. The number of aliphatic carboxylic acids is 1. The van der Waals surface area contributed by atoms with Crippen LogP contribution in [0.3, 0.4) is 0 Å². The summed E-state index contributed by atoms with van der Waals surface area (Å²) in [6.07, 6.45) is 0.440. The number of urea groups is 1. The van der Waals surface area contributed by atoms with Gasteiger partial charge in [0.2, 0.25) is 0 Å². The topological polar surface area (TPSA) is 93.4 Å². The molecule has 0 spiro atoms. The van der Waals surface area contributed by atoms with Gasteiger partial charge < -0.3 is 15.3 Å². The second-order valence-electron chi connectivity index (χ2n) is 4.52. The summed E-state index contributed by atoms with van der Waals surface area (Å²) in [5.74, 6) is -1.08. The van der Waals surface area contributed by atoms with Crippen molar-refractivity contribution in [2.45, 2.75) is 25.8 Å². The van der Waals surface area contributed by atoms with Crippen LogP contribution in [0.1, 0.15) is 18.9 Å². The fraction of sp³-hybridized carbons (Fsp3) is 0.400. The molecule has 0 saturated heterocycles. The average molecular weight is 289 g/mol. The van der Waals surface area contributed by atoms with Crippen LogP contribution in [0.15, 0.2) is 30.3 Å². The van der Waals surface area contributed by atoms with E-state index in [1.165, 1.54) is 4.90 Å². The van der Waals surface area contributed by atoms with E-state index in [9.17, 15) is 14.7 Å². The highest BCUT2D eigenvalue weighted by Gasteiger charge is 2.22. The molecule has 0 aliphatic rings. The molecule has 2 N–H and O–H groups in total. The molecule has 0 heterocycles. The molecule has 0 aromatic heterocycles. The first-order valence-electron chi connectivity index (χ1n) is 6.77. The van der Waals surface area contributed by atoms with E-state index in [0.717, 1.165) is 5.56 Å². The highest BCUT2D eigenvalue weighted by atomic mass is 16.4. The zero-order valence-corrected chi connectivity index (χ0v) is 12.0. The van der Waals surface area contributed by atoms with Crippen molar-refractivity contribution in [3.8, 4) is 6.07 Å². The molecule has 2 amide bonds. The SMILES string of the molecule is CCN(CCC#N)C(=O)NC(Cc1ccccc1)C(=O)O. The Morgan fingerprint density at radius 1 is 1.38 bits per heavy atom. The van der Waals surface area contributed by atoms with Gasteiger partial charge in [0.05, 0.1) is 12.5 Å². The second-order valence-corrected chi connectivity index (χ2v) is 4.52. The zero-order valence-electron chi connectivity index (χ0n) is 12.0. The van der Waals surface area contributed by atoms with Crippen molar-refractivity contribution in [2.75, 3.05) is 13.1 Å². The third kappa shape index (κ3) is 5.53. The Balaban J connectivity index is 2.67. The van der Waals surface area contributed by atoms with Gasteiger partial charge in [-0.25, -0.2) is 9.59 Å². The van der Waals surface area contributed by atoms with Gasteiger partial charge in [0.25, 0.3) is 0 Å². The molecule has 0 radical (unpaired) electrons. The number of hydrogen-bond acceptors (Lipinski definition) is 3. The van der Waals surface area contributed by atoms with Crippen LogP contribution in [-0.4, -0.2) is 41.1 Å². The minimum Gasteiger partial charge on any atom is -0.480 e. The molecular formula is C15H19N3O3. The van der Waals surface area contributed by atoms with Crippen LogP contribution in [0.5, 0.6) is 0 Å². The Morgan fingerprint density at radius 3 is 2.57 bits per heavy atom. The molecule has 6 heteroatoms. The number of carboxylic acid groups (broad SMARTS) is 1. The van der Waals surface area contributed by atoms with Gasteiger partial charge in [-0.1, -0.05) is 30.3 Å². The summed E-state index contributed by atoms with van der Waals surface area (Å²) in [6.45, 7) is 2.49. The number of nitrogens with zero attached hydrogens (tertiary/aromatic N) is 2. The normalized spacial score (nSPS) is 11.2. The Labute approximate surface area is 124 Å². The van der Waals surface area contributed by atoms with Gasteiger partial charge in [-0.05, 0) is 12.5 Å². The third-order valence-electron chi connectivity index (χ3n) is 3.04. The van der Waals surface area contributed by atoms with E-state index in [4.69, 9.17) is 5.26 Å². The lowest BCUT2D eigenvalue weighted by atomic mass is 10.1. The molecule has 112 valence electrons. The molecule has 1 aromatic rings. The van der Waals surface area contributed by atoms with E-state index < -0.39 is 18.0 Å². The van der Waals surface area contributed by atoms with Crippen LogP contribution >= 0.6 is 0 Å². The molecule has 1 rings (SSSR count). The van der Waals surface area contributed by atoms with Crippen LogP contribution in [0.25, 0.3) is 0 Å². The minimum atomic E-state index is -1.08. The first-order valence-corrected chi connectivity index (χ1v) is 6.77. The van der Waals surface area contributed by atoms with Crippen LogP contribution in [0.4, 0.5) is 4.79 Å². The predicted octanol–water partition coefficient (Wildman–Crippen LogP) is 1.63. The number of nitrogens with one attached hydrogen (secondary N) is 1. The van der Waals surface area contributed by atoms with Crippen LogP contribution in [0.2, 0.25) is 0 Å². The smallest absolute Gasteiger partial charge is 0.326 e. The fourth-order valence-electron chi connectivity index (χ4n) is 1.88. The molecule has 0 aliphatic heterocycles. The molecule has 1 atom stereocenters. The van der Waals surface area contributed by atoms with Gasteiger partial charge in [0.15, 0.2) is 0 Å². The Hall–Kier alpha value is -2.55. The van der Waals surface area contributed by atoms with E-state index in [1.807, 2.05) is 36.4 Å². The van der Waals surface area contributed by atoms with Crippen molar-refractivity contribution < 1.29 is 14.7 Å². The van der Waals surface area contributed by atoms with E-state index in [2.05, 4.69) is 5.32 Å². The van der Waals surface area contributed by atoms with Gasteiger partial charge in [-0.3, -0.25) is 0 Å². The van der Waals surface area contributed by atoms with Crippen molar-refractivity contribution in [2.24, 2.45) is 0 Å². The Kier molecular flexibility index (Phi) is 6.75. The zero-order chi connectivity index (χ0) is 15.7. The quantitative estimate of drug-likeness (QED) is 0.797. The van der Waals surface area contributed by atoms with Gasteiger partial charge >= 0.3 is 12.0 Å². The minimum absolute atomic E-state index is 0.220. The van der Waals surface area contributed by atoms with Crippen molar-refractivity contribution in [3.63, 3.8) is 0 Å². The first kappa shape index (κ1) is 16.5. The summed E-state index contributed by atoms with van der Waals surface area (Å²) >= 11 is 0. The molecule has 0 bridgehead atoms. The molecule has 0 aliphatic carbocycles. The number of nitriles is 1. The summed E-state index contributed by atoms with van der Waals surface area (Å²) in [5.41, 5.74) is 0.838. The summed E-state index contributed by atoms with van der Waals surface area (Å²) in [4.78, 5) is 24.7. The fourth-order valence-corrected chi connectivity index (χ4v) is 1.88. The van der Waals surface area contributed by atoms with Crippen LogP contribution in [0, 0.1) is 11.3 Å². The molecule has 21 heavy (non-hydrogen) atoms. The first-order chi connectivity index (χ1) is 10.1. The standard InChI is InChI=1S/C15H19N3O3/c1-2-18(10-6-9-16)15(21)17-13(14(19)20)11-12-7-4-3-5-8-12/h3-5,7-8,13H,2,6,10-11H2,1H3,(H,17,21)(H,19,20). The van der Waals surface area contributed by atoms with Gasteiger partial charge in [0.1, 0.15) is 6.04 Å². The highest BCUT2D eigenvalue weighted by Crippen LogP contribution is 2.04. The number of amides is 2. The Morgan fingerprint density at radius 2 is 2.05 bits per heavy atom. The summed E-state index contributed by atoms with van der Waals surface area (Å²) in [7, 11) is 0. The van der Waals surface area contributed by atoms with E-state index >= 15 is 0 Å². The summed E-state index contributed by atoms with van der Waals surface area (Å²) in [5, 5.41) is 20.3. The van der Waals surface area contributed by atoms with E-state index in [0.29, 0.717) is 6.54 Å². The monoisotopic (exact) mass is 289 g/mol. The van der Waals surface area contributed by atoms with Crippen molar-refractivity contribution in [1.29, 1.82) is 5.26 Å². The lowest BCUT2D eigenvalue weighted by molar-refractivity contribution is -0.139. The molecule has 0 fully saturated rings. The van der Waals surface area contributed by atoms with Gasteiger partial charge in [0, 0.05) is 19.5 Å². The number of rotatable bonds is 7. The van der Waals surface area contributed by atoms with Crippen LogP contribution in [-0.2, 0) is 11.2 Å². The lowest BCUT2D eigenvalue weighted by Gasteiger charge is -2.23. The summed E-state index contributed by atoms with van der Waals surface area (Å²) < 4.78 is 0. The van der Waals surface area contributed by atoms with E-state index in [-0.39, 0.29) is 19.4 Å². The second kappa shape index (κ2) is 8.59. The van der Waals surface area contributed by atoms with Gasteiger partial charge in [-0.2, -0.15) is 5.26 Å². The molecule has 1 unspecified atom stereocenters. The molecule has 0 saturated carbocycles. The van der Waals surface area contributed by atoms with Crippen molar-refractivity contribution >= 4 is 12.0 Å². The summed E-state index contributed by atoms with van der Waals surface area (Å²) in [6, 6.07) is 9.63. The molecule has 6 nitrogen and oxygen atoms in total.